The van der Waals surface area contributed by atoms with Crippen LogP contribution < -0.4 is 5.32 Å². The quantitative estimate of drug-likeness (QED) is 0.790. The van der Waals surface area contributed by atoms with Gasteiger partial charge in [-0.05, 0) is 6.42 Å². The molecule has 20 heavy (non-hydrogen) atoms. The smallest absolute Gasteiger partial charge is 0.246 e. The van der Waals surface area contributed by atoms with Crippen LogP contribution in [0.25, 0.3) is 0 Å². The van der Waals surface area contributed by atoms with E-state index in [4.69, 9.17) is 0 Å². The van der Waals surface area contributed by atoms with E-state index in [1.165, 1.54) is 10.5 Å². The molecule has 0 spiro atoms. The van der Waals surface area contributed by atoms with Gasteiger partial charge in [0, 0.05) is 31.9 Å². The van der Waals surface area contributed by atoms with Crippen LogP contribution in [0.4, 0.5) is 0 Å². The number of nitrogens with one attached hydrogen (secondary N) is 1. The number of hydrogen-bond donors (Lipinski definition) is 1. The van der Waals surface area contributed by atoms with Gasteiger partial charge in [0.1, 0.15) is 4.90 Å². The largest absolute Gasteiger partial charge is 0.313 e. The average Bonchev–Trinajstić information content (AvgIpc) is 2.89. The third-order valence-corrected chi connectivity index (χ3v) is 4.98. The summed E-state index contributed by atoms with van der Waals surface area (Å²) in [5, 5.41) is 7.40. The number of rotatable bonds is 6. The van der Waals surface area contributed by atoms with Crippen LogP contribution in [0.1, 0.15) is 20.3 Å². The molecule has 0 atom stereocenters. The molecular weight excluding hydrogens is 276 g/mol. The van der Waals surface area contributed by atoms with Gasteiger partial charge in [0.05, 0.1) is 12.7 Å². The summed E-state index contributed by atoms with van der Waals surface area (Å²) in [6, 6.07) is 0.411. The molecule has 2 rings (SSSR count). The van der Waals surface area contributed by atoms with E-state index in [9.17, 15) is 8.42 Å². The molecule has 1 N–H and O–H groups in total. The molecule has 0 fully saturated rings. The van der Waals surface area contributed by atoms with Crippen LogP contribution in [0.3, 0.4) is 0 Å². The summed E-state index contributed by atoms with van der Waals surface area (Å²) in [5.41, 5.74) is 0. The molecule has 2 heterocycles. The number of hydrogen-bond acceptors (Lipinski definition) is 4. The van der Waals surface area contributed by atoms with Gasteiger partial charge in [0.15, 0.2) is 0 Å². The molecule has 0 saturated carbocycles. The van der Waals surface area contributed by atoms with Gasteiger partial charge in [-0.1, -0.05) is 26.0 Å². The zero-order valence-electron chi connectivity index (χ0n) is 12.0. The van der Waals surface area contributed by atoms with Crippen molar-refractivity contribution in [2.45, 2.75) is 37.8 Å². The molecule has 0 radical (unpaired) electrons. The number of sulfonamides is 1. The van der Waals surface area contributed by atoms with Crippen LogP contribution in [0.15, 0.2) is 29.4 Å². The fourth-order valence-electron chi connectivity index (χ4n) is 2.06. The van der Waals surface area contributed by atoms with Crippen molar-refractivity contribution in [1.29, 1.82) is 0 Å². The second-order valence-corrected chi connectivity index (χ2v) is 7.11. The highest BCUT2D eigenvalue weighted by Crippen LogP contribution is 2.17. The second-order valence-electron chi connectivity index (χ2n) is 5.17. The van der Waals surface area contributed by atoms with Gasteiger partial charge < -0.3 is 5.32 Å². The van der Waals surface area contributed by atoms with Gasteiger partial charge in [0.25, 0.3) is 0 Å². The molecule has 1 aliphatic heterocycles. The Morgan fingerprint density at radius 2 is 2.20 bits per heavy atom. The van der Waals surface area contributed by atoms with Crippen LogP contribution in [0, 0.1) is 0 Å². The topological polar surface area (TPSA) is 67.2 Å². The maximum atomic E-state index is 12.4. The van der Waals surface area contributed by atoms with Crippen molar-refractivity contribution in [3.63, 3.8) is 0 Å². The summed E-state index contributed by atoms with van der Waals surface area (Å²) in [6.45, 7) is 6.56. The zero-order chi connectivity index (χ0) is 14.6. The Hall–Kier alpha value is -1.18. The molecule has 0 aliphatic carbocycles. The molecule has 0 unspecified atom stereocenters. The van der Waals surface area contributed by atoms with E-state index in [0.29, 0.717) is 25.7 Å². The van der Waals surface area contributed by atoms with E-state index in [1.807, 2.05) is 12.2 Å². The van der Waals surface area contributed by atoms with Crippen LogP contribution >= 0.6 is 0 Å². The summed E-state index contributed by atoms with van der Waals surface area (Å²) in [6.07, 6.45) is 7.70. The monoisotopic (exact) mass is 298 g/mol. The second kappa shape index (κ2) is 6.51. The highest BCUT2D eigenvalue weighted by Gasteiger charge is 2.25. The molecule has 1 aromatic heterocycles. The lowest BCUT2D eigenvalue weighted by Crippen LogP contribution is -2.33. The molecular formula is C13H22N4O2S. The third-order valence-electron chi connectivity index (χ3n) is 3.16. The Labute approximate surface area is 120 Å². The van der Waals surface area contributed by atoms with E-state index in [0.717, 1.165) is 13.0 Å². The normalized spacial score (nSPS) is 16.9. The first-order chi connectivity index (χ1) is 9.50. The molecule has 1 aromatic rings. The van der Waals surface area contributed by atoms with Gasteiger partial charge in [-0.25, -0.2) is 8.42 Å². The molecule has 0 amide bonds. The fraction of sp³-hybridized carbons (Fsp3) is 0.615. The minimum Gasteiger partial charge on any atom is -0.313 e. The lowest BCUT2D eigenvalue weighted by atomic mass is 10.3. The van der Waals surface area contributed by atoms with E-state index in [2.05, 4.69) is 24.3 Å². The first kappa shape index (κ1) is 15.2. The van der Waals surface area contributed by atoms with E-state index >= 15 is 0 Å². The van der Waals surface area contributed by atoms with Crippen LogP contribution in [-0.2, 0) is 16.6 Å². The Morgan fingerprint density at radius 1 is 1.40 bits per heavy atom. The maximum Gasteiger partial charge on any atom is 0.246 e. The zero-order valence-corrected chi connectivity index (χ0v) is 12.8. The molecule has 1 aliphatic rings. The number of nitrogens with zero attached hydrogens (tertiary/aromatic N) is 3. The molecule has 0 aromatic carbocycles. The van der Waals surface area contributed by atoms with Crippen molar-refractivity contribution >= 4 is 10.0 Å². The SMILES string of the molecule is CC(C)NCCn1cc(S(=O)(=O)N2CC=CCC2)cn1. The van der Waals surface area contributed by atoms with E-state index in [1.54, 1.807) is 10.9 Å². The lowest BCUT2D eigenvalue weighted by Gasteiger charge is -2.21. The highest BCUT2D eigenvalue weighted by molar-refractivity contribution is 7.89. The highest BCUT2D eigenvalue weighted by atomic mass is 32.2. The first-order valence-corrected chi connectivity index (χ1v) is 8.35. The molecule has 6 nitrogen and oxygen atoms in total. The minimum atomic E-state index is -3.40. The summed E-state index contributed by atoms with van der Waals surface area (Å²) in [7, 11) is -3.40. The van der Waals surface area contributed by atoms with Gasteiger partial charge in [-0.3, -0.25) is 4.68 Å². The Balaban J connectivity index is 2.02. The Bertz CT molecular complexity index is 563. The molecule has 0 bridgehead atoms. The summed E-state index contributed by atoms with van der Waals surface area (Å²) in [4.78, 5) is 0.275. The average molecular weight is 298 g/mol. The maximum absolute atomic E-state index is 12.4. The van der Waals surface area contributed by atoms with Gasteiger partial charge in [-0.2, -0.15) is 9.40 Å². The van der Waals surface area contributed by atoms with Crippen molar-refractivity contribution in [3.05, 3.63) is 24.5 Å². The minimum absolute atomic E-state index is 0.275. The lowest BCUT2D eigenvalue weighted by molar-refractivity contribution is 0.437. The van der Waals surface area contributed by atoms with Gasteiger partial charge in [-0.15, -0.1) is 0 Å². The van der Waals surface area contributed by atoms with Crippen molar-refractivity contribution in [1.82, 2.24) is 19.4 Å². The Morgan fingerprint density at radius 3 is 2.85 bits per heavy atom. The van der Waals surface area contributed by atoms with Crippen LogP contribution in [0.2, 0.25) is 0 Å². The van der Waals surface area contributed by atoms with Crippen LogP contribution in [-0.4, -0.2) is 48.2 Å². The molecule has 7 heteroatoms. The van der Waals surface area contributed by atoms with Crippen molar-refractivity contribution in [2.75, 3.05) is 19.6 Å². The third kappa shape index (κ3) is 3.68. The van der Waals surface area contributed by atoms with Crippen LogP contribution in [0.5, 0.6) is 0 Å². The predicted molar refractivity (Wildman–Crippen MR) is 77.9 cm³/mol. The van der Waals surface area contributed by atoms with E-state index < -0.39 is 10.0 Å². The standard InChI is InChI=1S/C13H22N4O2S/c1-12(2)14-6-9-16-11-13(10-15-16)20(18,19)17-7-4-3-5-8-17/h3-4,10-12,14H,5-9H2,1-2H3. The first-order valence-electron chi connectivity index (χ1n) is 6.91. The molecule has 0 saturated heterocycles. The summed E-state index contributed by atoms with van der Waals surface area (Å²) < 4.78 is 28.0. The van der Waals surface area contributed by atoms with Gasteiger partial charge >= 0.3 is 0 Å². The Kier molecular flexibility index (Phi) is 4.95. The summed E-state index contributed by atoms with van der Waals surface area (Å²) in [5.74, 6) is 0. The molecule has 112 valence electrons. The van der Waals surface area contributed by atoms with Crippen molar-refractivity contribution < 1.29 is 8.42 Å². The summed E-state index contributed by atoms with van der Waals surface area (Å²) >= 11 is 0. The van der Waals surface area contributed by atoms with Crippen molar-refractivity contribution in [3.8, 4) is 0 Å². The van der Waals surface area contributed by atoms with E-state index in [-0.39, 0.29) is 4.90 Å². The number of aromatic nitrogens is 2. The predicted octanol–water partition coefficient (Wildman–Crippen LogP) is 0.832. The fourth-order valence-corrected chi connectivity index (χ4v) is 3.42. The van der Waals surface area contributed by atoms with Crippen molar-refractivity contribution in [2.24, 2.45) is 0 Å². The van der Waals surface area contributed by atoms with Gasteiger partial charge in [0.2, 0.25) is 10.0 Å².